The molecule has 78 valence electrons. The molecule has 0 radical (unpaired) electrons. The highest BCUT2D eigenvalue weighted by Crippen LogP contribution is 2.07. The number of rotatable bonds is 6. The van der Waals surface area contributed by atoms with E-state index < -0.39 is 0 Å². The van der Waals surface area contributed by atoms with Gasteiger partial charge < -0.3 is 15.8 Å². The van der Waals surface area contributed by atoms with Gasteiger partial charge in [-0.2, -0.15) is 0 Å². The third-order valence-electron chi connectivity index (χ3n) is 1.56. The van der Waals surface area contributed by atoms with Gasteiger partial charge in [0.25, 0.3) is 0 Å². The van der Waals surface area contributed by atoms with Crippen molar-refractivity contribution in [2.45, 2.75) is 0 Å². The van der Waals surface area contributed by atoms with Crippen LogP contribution < -0.4 is 11.1 Å². The molecule has 1 heterocycles. The number of pyridine rings is 1. The Morgan fingerprint density at radius 1 is 1.50 bits per heavy atom. The molecule has 0 aromatic carbocycles. The van der Waals surface area contributed by atoms with E-state index in [1.54, 1.807) is 6.07 Å². The van der Waals surface area contributed by atoms with Gasteiger partial charge in [0.2, 0.25) is 0 Å². The summed E-state index contributed by atoms with van der Waals surface area (Å²) in [5, 5.41) is 2.82. The molecule has 0 amide bonds. The fourth-order valence-corrected chi connectivity index (χ4v) is 0.943. The summed E-state index contributed by atoms with van der Waals surface area (Å²) in [5.41, 5.74) is 5.23. The normalized spacial score (nSPS) is 10.1. The fraction of sp³-hybridized carbons (Fsp3) is 0.444. The molecule has 5 heteroatoms. The first-order chi connectivity index (χ1) is 6.84. The molecule has 0 aliphatic rings. The molecule has 0 fully saturated rings. The van der Waals surface area contributed by atoms with Crippen LogP contribution in [0.1, 0.15) is 0 Å². The first kappa shape index (κ1) is 10.9. The van der Waals surface area contributed by atoms with Crippen LogP contribution in [0.4, 0.5) is 10.2 Å². The predicted molar refractivity (Wildman–Crippen MR) is 52.6 cm³/mol. The molecule has 0 spiro atoms. The average Bonchev–Trinajstić information content (AvgIpc) is 2.20. The first-order valence-corrected chi connectivity index (χ1v) is 4.47. The third kappa shape index (κ3) is 3.68. The summed E-state index contributed by atoms with van der Waals surface area (Å²) in [7, 11) is 0. The van der Waals surface area contributed by atoms with Gasteiger partial charge in [-0.05, 0) is 12.1 Å². The zero-order valence-corrected chi connectivity index (χ0v) is 7.87. The van der Waals surface area contributed by atoms with Crippen LogP contribution in [0.5, 0.6) is 0 Å². The predicted octanol–water partition coefficient (Wildman–Crippen LogP) is 0.608. The highest BCUT2D eigenvalue weighted by Gasteiger charge is 1.99. The molecule has 1 aromatic heterocycles. The van der Waals surface area contributed by atoms with Gasteiger partial charge >= 0.3 is 0 Å². The Kier molecular flexibility index (Phi) is 4.88. The van der Waals surface area contributed by atoms with Crippen molar-refractivity contribution in [2.75, 3.05) is 31.6 Å². The maximum atomic E-state index is 13.0. The second-order valence-corrected chi connectivity index (χ2v) is 2.66. The number of nitrogens with zero attached hydrogens (tertiary/aromatic N) is 1. The van der Waals surface area contributed by atoms with Crippen molar-refractivity contribution in [3.8, 4) is 0 Å². The lowest BCUT2D eigenvalue weighted by Gasteiger charge is -2.06. The zero-order chi connectivity index (χ0) is 10.2. The average molecular weight is 199 g/mol. The number of aromatic nitrogens is 1. The third-order valence-corrected chi connectivity index (χ3v) is 1.56. The van der Waals surface area contributed by atoms with Crippen molar-refractivity contribution in [1.82, 2.24) is 4.98 Å². The SMILES string of the molecule is NCCOCCNc1ncccc1F. The summed E-state index contributed by atoms with van der Waals surface area (Å²) in [6, 6.07) is 2.90. The number of anilines is 1. The Morgan fingerprint density at radius 3 is 3.07 bits per heavy atom. The largest absolute Gasteiger partial charge is 0.378 e. The van der Waals surface area contributed by atoms with E-state index in [0.29, 0.717) is 26.3 Å². The van der Waals surface area contributed by atoms with Crippen molar-refractivity contribution in [2.24, 2.45) is 5.73 Å². The lowest BCUT2D eigenvalue weighted by Crippen LogP contribution is -2.15. The quantitative estimate of drug-likeness (QED) is 0.659. The number of hydrogen-bond donors (Lipinski definition) is 2. The van der Waals surface area contributed by atoms with Crippen molar-refractivity contribution in [3.05, 3.63) is 24.1 Å². The van der Waals surface area contributed by atoms with Gasteiger partial charge in [0, 0.05) is 19.3 Å². The first-order valence-electron chi connectivity index (χ1n) is 4.47. The molecule has 0 saturated heterocycles. The Labute approximate surface area is 82.3 Å². The number of hydrogen-bond acceptors (Lipinski definition) is 4. The van der Waals surface area contributed by atoms with Crippen LogP contribution in [0.25, 0.3) is 0 Å². The van der Waals surface area contributed by atoms with E-state index in [1.165, 1.54) is 12.3 Å². The monoisotopic (exact) mass is 199 g/mol. The van der Waals surface area contributed by atoms with Gasteiger partial charge in [-0.15, -0.1) is 0 Å². The number of halogens is 1. The molecule has 0 aliphatic carbocycles. The number of nitrogens with one attached hydrogen (secondary N) is 1. The molecule has 0 bridgehead atoms. The molecule has 3 N–H and O–H groups in total. The molecule has 1 aromatic rings. The van der Waals surface area contributed by atoms with E-state index in [0.717, 1.165) is 0 Å². The minimum Gasteiger partial charge on any atom is -0.378 e. The Bertz CT molecular complexity index is 270. The van der Waals surface area contributed by atoms with Gasteiger partial charge in [0.1, 0.15) is 0 Å². The topological polar surface area (TPSA) is 60.2 Å². The number of ether oxygens (including phenoxy) is 1. The van der Waals surface area contributed by atoms with Crippen LogP contribution in [-0.2, 0) is 4.74 Å². The van der Waals surface area contributed by atoms with Gasteiger partial charge in [0.05, 0.1) is 13.2 Å². The van der Waals surface area contributed by atoms with Crippen LogP contribution in [0, 0.1) is 5.82 Å². The van der Waals surface area contributed by atoms with Gasteiger partial charge in [-0.3, -0.25) is 0 Å². The van der Waals surface area contributed by atoms with E-state index in [1.807, 2.05) is 0 Å². The van der Waals surface area contributed by atoms with Gasteiger partial charge in [-0.25, -0.2) is 9.37 Å². The van der Waals surface area contributed by atoms with Crippen LogP contribution >= 0.6 is 0 Å². The summed E-state index contributed by atoms with van der Waals surface area (Å²) < 4.78 is 18.1. The molecule has 0 atom stereocenters. The smallest absolute Gasteiger partial charge is 0.165 e. The fourth-order valence-electron chi connectivity index (χ4n) is 0.943. The molecular weight excluding hydrogens is 185 g/mol. The van der Waals surface area contributed by atoms with E-state index in [9.17, 15) is 4.39 Å². The maximum Gasteiger partial charge on any atom is 0.165 e. The van der Waals surface area contributed by atoms with Crippen LogP contribution in [0.3, 0.4) is 0 Å². The summed E-state index contributed by atoms with van der Waals surface area (Å²) in [4.78, 5) is 3.83. The minimum atomic E-state index is -0.355. The molecule has 4 nitrogen and oxygen atoms in total. The maximum absolute atomic E-state index is 13.0. The Balaban J connectivity index is 2.21. The molecule has 0 saturated carbocycles. The Hall–Kier alpha value is -1.20. The summed E-state index contributed by atoms with van der Waals surface area (Å²) in [6.07, 6.45) is 1.53. The molecule has 14 heavy (non-hydrogen) atoms. The number of nitrogens with two attached hydrogens (primary N) is 1. The highest BCUT2D eigenvalue weighted by atomic mass is 19.1. The molecule has 0 unspecified atom stereocenters. The van der Waals surface area contributed by atoms with Crippen LogP contribution in [0.2, 0.25) is 0 Å². The van der Waals surface area contributed by atoms with Crippen molar-refractivity contribution < 1.29 is 9.13 Å². The minimum absolute atomic E-state index is 0.254. The van der Waals surface area contributed by atoms with Crippen LogP contribution in [0.15, 0.2) is 18.3 Å². The molecule has 1 rings (SSSR count). The van der Waals surface area contributed by atoms with Crippen LogP contribution in [-0.4, -0.2) is 31.3 Å². The van der Waals surface area contributed by atoms with Gasteiger partial charge in [0.15, 0.2) is 11.6 Å². The van der Waals surface area contributed by atoms with Crippen molar-refractivity contribution >= 4 is 5.82 Å². The summed E-state index contributed by atoms with van der Waals surface area (Å²) in [6.45, 7) is 2.03. The standard InChI is InChI=1S/C9H14FN3O/c10-8-2-1-4-12-9(8)13-5-7-14-6-3-11/h1-2,4H,3,5-7,11H2,(H,12,13). The van der Waals surface area contributed by atoms with Crippen molar-refractivity contribution in [1.29, 1.82) is 0 Å². The second-order valence-electron chi connectivity index (χ2n) is 2.66. The van der Waals surface area contributed by atoms with Gasteiger partial charge in [-0.1, -0.05) is 0 Å². The summed E-state index contributed by atoms with van der Waals surface area (Å²) in [5.74, 6) is -0.102. The molecule has 0 aliphatic heterocycles. The molecular formula is C9H14FN3O. The van der Waals surface area contributed by atoms with E-state index >= 15 is 0 Å². The second kappa shape index (κ2) is 6.28. The summed E-state index contributed by atoms with van der Waals surface area (Å²) >= 11 is 0. The van der Waals surface area contributed by atoms with E-state index in [4.69, 9.17) is 10.5 Å². The highest BCUT2D eigenvalue weighted by molar-refractivity contribution is 5.35. The lowest BCUT2D eigenvalue weighted by molar-refractivity contribution is 0.151. The van der Waals surface area contributed by atoms with E-state index in [-0.39, 0.29) is 11.6 Å². The van der Waals surface area contributed by atoms with Crippen molar-refractivity contribution in [3.63, 3.8) is 0 Å². The zero-order valence-electron chi connectivity index (χ0n) is 7.87. The lowest BCUT2D eigenvalue weighted by atomic mass is 10.4. The Morgan fingerprint density at radius 2 is 2.36 bits per heavy atom. The van der Waals surface area contributed by atoms with E-state index in [2.05, 4.69) is 10.3 Å².